The Balaban J connectivity index is 2.36. The van der Waals surface area contributed by atoms with Crippen molar-refractivity contribution in [1.29, 1.82) is 0 Å². The zero-order valence-electron chi connectivity index (χ0n) is 10.7. The van der Waals surface area contributed by atoms with Gasteiger partial charge in [0.15, 0.2) is 0 Å². The summed E-state index contributed by atoms with van der Waals surface area (Å²) < 4.78 is 0. The highest BCUT2D eigenvalue weighted by Crippen LogP contribution is 2.27. The largest absolute Gasteiger partial charge is 0.324 e. The van der Waals surface area contributed by atoms with Crippen LogP contribution in [0, 0.1) is 11.8 Å². The second-order valence-corrected chi connectivity index (χ2v) is 5.08. The van der Waals surface area contributed by atoms with E-state index in [4.69, 9.17) is 5.73 Å². The minimum absolute atomic E-state index is 0.0846. The Morgan fingerprint density at radius 3 is 2.59 bits per heavy atom. The summed E-state index contributed by atoms with van der Waals surface area (Å²) in [6.07, 6.45) is 1.82. The topological polar surface area (TPSA) is 38.9 Å². The van der Waals surface area contributed by atoms with E-state index in [1.165, 1.54) is 10.9 Å². The number of hydrogen-bond acceptors (Lipinski definition) is 2. The van der Waals surface area contributed by atoms with Crippen LogP contribution >= 0.6 is 0 Å². The Labute approximate surface area is 103 Å². The summed E-state index contributed by atoms with van der Waals surface area (Å²) in [7, 11) is 0. The second kappa shape index (κ2) is 4.84. The summed E-state index contributed by atoms with van der Waals surface area (Å²) in [5, 5.41) is 1.17. The maximum absolute atomic E-state index is 6.30. The molecule has 2 atom stereocenters. The molecule has 1 aromatic carbocycles. The van der Waals surface area contributed by atoms with E-state index >= 15 is 0 Å². The molecule has 17 heavy (non-hydrogen) atoms. The summed E-state index contributed by atoms with van der Waals surface area (Å²) in [6, 6.07) is 10.4. The number of nitrogens with two attached hydrogens (primary N) is 1. The fraction of sp³-hybridized carbons (Fsp3) is 0.400. The monoisotopic (exact) mass is 228 g/mol. The van der Waals surface area contributed by atoms with Gasteiger partial charge in [-0.05, 0) is 29.5 Å². The lowest BCUT2D eigenvalue weighted by Gasteiger charge is -2.23. The Morgan fingerprint density at radius 2 is 1.88 bits per heavy atom. The molecule has 1 heterocycles. The first-order chi connectivity index (χ1) is 8.09. The molecular weight excluding hydrogens is 208 g/mol. The van der Waals surface area contributed by atoms with Crippen molar-refractivity contribution in [2.75, 3.05) is 0 Å². The van der Waals surface area contributed by atoms with Gasteiger partial charge in [-0.3, -0.25) is 4.98 Å². The van der Waals surface area contributed by atoms with E-state index in [1.54, 1.807) is 0 Å². The van der Waals surface area contributed by atoms with Crippen LogP contribution in [0.25, 0.3) is 10.9 Å². The molecule has 2 N–H and O–H groups in total. The van der Waals surface area contributed by atoms with E-state index in [9.17, 15) is 0 Å². The summed E-state index contributed by atoms with van der Waals surface area (Å²) in [6.45, 7) is 6.63. The molecule has 0 saturated carbocycles. The Morgan fingerprint density at radius 1 is 1.12 bits per heavy atom. The van der Waals surface area contributed by atoms with Crippen molar-refractivity contribution >= 4 is 10.9 Å². The van der Waals surface area contributed by atoms with Crippen molar-refractivity contribution in [1.82, 2.24) is 4.98 Å². The van der Waals surface area contributed by atoms with E-state index in [1.807, 2.05) is 12.3 Å². The summed E-state index contributed by atoms with van der Waals surface area (Å²) in [5.74, 6) is 1.06. The van der Waals surface area contributed by atoms with E-state index < -0.39 is 0 Å². The number of benzene rings is 1. The van der Waals surface area contributed by atoms with Crippen molar-refractivity contribution in [3.63, 3.8) is 0 Å². The van der Waals surface area contributed by atoms with Gasteiger partial charge >= 0.3 is 0 Å². The molecule has 0 fully saturated rings. The first-order valence-electron chi connectivity index (χ1n) is 6.20. The summed E-state index contributed by atoms with van der Waals surface area (Å²) in [4.78, 5) is 4.37. The van der Waals surface area contributed by atoms with Crippen LogP contribution in [0.1, 0.15) is 32.4 Å². The molecule has 0 aliphatic rings. The van der Waals surface area contributed by atoms with Crippen LogP contribution < -0.4 is 5.73 Å². The van der Waals surface area contributed by atoms with E-state index in [2.05, 4.69) is 50.0 Å². The zero-order valence-corrected chi connectivity index (χ0v) is 10.7. The van der Waals surface area contributed by atoms with Crippen molar-refractivity contribution < 1.29 is 0 Å². The molecule has 2 nitrogen and oxygen atoms in total. The number of hydrogen-bond donors (Lipinski definition) is 1. The Hall–Kier alpha value is -1.41. The number of nitrogens with zero attached hydrogens (tertiary/aromatic N) is 1. The first-order valence-corrected chi connectivity index (χ1v) is 6.20. The first kappa shape index (κ1) is 12.1. The lowest BCUT2D eigenvalue weighted by Crippen LogP contribution is -2.23. The zero-order chi connectivity index (χ0) is 12.4. The molecule has 0 bridgehead atoms. The molecule has 90 valence electrons. The minimum Gasteiger partial charge on any atom is -0.324 e. The summed E-state index contributed by atoms with van der Waals surface area (Å²) in [5.41, 5.74) is 8.51. The average Bonchev–Trinajstić information content (AvgIpc) is 2.36. The maximum Gasteiger partial charge on any atom is 0.0705 e. The maximum atomic E-state index is 6.30. The highest BCUT2D eigenvalue weighted by Gasteiger charge is 2.18. The highest BCUT2D eigenvalue weighted by atomic mass is 14.7. The molecule has 1 aromatic heterocycles. The van der Waals surface area contributed by atoms with Gasteiger partial charge < -0.3 is 5.73 Å². The third-order valence-electron chi connectivity index (χ3n) is 3.63. The fourth-order valence-corrected chi connectivity index (χ4v) is 2.01. The smallest absolute Gasteiger partial charge is 0.0705 e. The molecule has 0 spiro atoms. The molecular formula is C15H20N2. The highest BCUT2D eigenvalue weighted by molar-refractivity contribution is 5.78. The number of pyridine rings is 1. The van der Waals surface area contributed by atoms with Gasteiger partial charge in [0.2, 0.25) is 0 Å². The SMILES string of the molecule is CC(C)C(C)C(N)c1ccc2cccnc2c1. The number of aromatic nitrogens is 1. The fourth-order valence-electron chi connectivity index (χ4n) is 2.01. The Kier molecular flexibility index (Phi) is 3.43. The quantitative estimate of drug-likeness (QED) is 0.872. The van der Waals surface area contributed by atoms with Crippen LogP contribution in [0.5, 0.6) is 0 Å². The van der Waals surface area contributed by atoms with Gasteiger partial charge in [-0.15, -0.1) is 0 Å². The van der Waals surface area contributed by atoms with Crippen molar-refractivity contribution in [3.05, 3.63) is 42.1 Å². The molecule has 2 unspecified atom stereocenters. The van der Waals surface area contributed by atoms with Crippen LogP contribution in [-0.2, 0) is 0 Å². The van der Waals surface area contributed by atoms with Crippen molar-refractivity contribution in [2.45, 2.75) is 26.8 Å². The lowest BCUT2D eigenvalue weighted by molar-refractivity contribution is 0.352. The predicted molar refractivity (Wildman–Crippen MR) is 72.7 cm³/mol. The number of rotatable bonds is 3. The molecule has 0 saturated heterocycles. The Bertz CT molecular complexity index is 505. The molecule has 0 aliphatic carbocycles. The lowest BCUT2D eigenvalue weighted by atomic mass is 9.86. The van der Waals surface area contributed by atoms with Gasteiger partial charge in [-0.25, -0.2) is 0 Å². The van der Waals surface area contributed by atoms with E-state index in [0.29, 0.717) is 11.8 Å². The normalized spacial score (nSPS) is 15.1. The molecule has 2 aromatic rings. The van der Waals surface area contributed by atoms with E-state index in [-0.39, 0.29) is 6.04 Å². The minimum atomic E-state index is 0.0846. The van der Waals surface area contributed by atoms with Gasteiger partial charge in [0, 0.05) is 17.6 Å². The predicted octanol–water partition coefficient (Wildman–Crippen LogP) is 3.53. The van der Waals surface area contributed by atoms with Crippen LogP contribution in [0.2, 0.25) is 0 Å². The van der Waals surface area contributed by atoms with Crippen LogP contribution in [0.3, 0.4) is 0 Å². The molecule has 0 amide bonds. The van der Waals surface area contributed by atoms with Crippen molar-refractivity contribution in [3.8, 4) is 0 Å². The average molecular weight is 228 g/mol. The molecule has 0 radical (unpaired) electrons. The molecule has 2 heteroatoms. The van der Waals surface area contributed by atoms with Gasteiger partial charge in [0.25, 0.3) is 0 Å². The van der Waals surface area contributed by atoms with Crippen LogP contribution in [0.4, 0.5) is 0 Å². The van der Waals surface area contributed by atoms with Gasteiger partial charge in [0.05, 0.1) is 5.52 Å². The van der Waals surface area contributed by atoms with E-state index in [0.717, 1.165) is 5.52 Å². The van der Waals surface area contributed by atoms with Crippen LogP contribution in [0.15, 0.2) is 36.5 Å². The van der Waals surface area contributed by atoms with Gasteiger partial charge in [-0.1, -0.05) is 39.0 Å². The van der Waals surface area contributed by atoms with Crippen LogP contribution in [-0.4, -0.2) is 4.98 Å². The van der Waals surface area contributed by atoms with Gasteiger partial charge in [-0.2, -0.15) is 0 Å². The molecule has 2 rings (SSSR count). The molecule has 0 aliphatic heterocycles. The third kappa shape index (κ3) is 2.47. The third-order valence-corrected chi connectivity index (χ3v) is 3.63. The van der Waals surface area contributed by atoms with Crippen molar-refractivity contribution in [2.24, 2.45) is 17.6 Å². The number of fused-ring (bicyclic) bond motifs is 1. The van der Waals surface area contributed by atoms with Gasteiger partial charge in [0.1, 0.15) is 0 Å². The summed E-state index contributed by atoms with van der Waals surface area (Å²) >= 11 is 0. The second-order valence-electron chi connectivity index (χ2n) is 5.08. The standard InChI is InChI=1S/C15H20N2/c1-10(2)11(3)15(16)13-7-6-12-5-4-8-17-14(12)9-13/h4-11,15H,16H2,1-3H3.